The molecule has 2 N–H and O–H groups in total. The Morgan fingerprint density at radius 3 is 2.42 bits per heavy atom. The van der Waals surface area contributed by atoms with E-state index in [1.165, 1.54) is 0 Å². The van der Waals surface area contributed by atoms with Crippen LogP contribution in [0.5, 0.6) is 0 Å². The van der Waals surface area contributed by atoms with E-state index >= 15 is 0 Å². The molecule has 2 heterocycles. The zero-order valence-corrected chi connectivity index (χ0v) is 19.8. The lowest BCUT2D eigenvalue weighted by Crippen LogP contribution is -2.31. The van der Waals surface area contributed by atoms with Gasteiger partial charge in [-0.25, -0.2) is 13.1 Å². The third-order valence-corrected chi connectivity index (χ3v) is 7.94. The van der Waals surface area contributed by atoms with E-state index in [1.807, 2.05) is 63.4 Å². The SMILES string of the molecule is Cc1cc(C)c(C)c(S(=O)(=O)NCCC(=O)NCc2cccnc2-c2cccs2)c1C. The van der Waals surface area contributed by atoms with E-state index in [4.69, 9.17) is 0 Å². The standard InChI is InChI=1S/C23H27N3O3S2/c1-15-13-16(2)18(4)23(17(15)3)31(28,29)26-11-9-21(27)25-14-19-7-5-10-24-22(19)20-8-6-12-30-20/h5-8,10,12-13,26H,9,11,14H2,1-4H3,(H,25,27). The smallest absolute Gasteiger partial charge is 0.241 e. The molecule has 0 spiro atoms. The first kappa shape index (κ1) is 23.1. The molecule has 0 unspecified atom stereocenters. The first-order valence-corrected chi connectivity index (χ1v) is 12.4. The van der Waals surface area contributed by atoms with Crippen LogP contribution < -0.4 is 10.0 Å². The third-order valence-electron chi connectivity index (χ3n) is 5.33. The van der Waals surface area contributed by atoms with Gasteiger partial charge in [0.2, 0.25) is 15.9 Å². The Balaban J connectivity index is 1.60. The summed E-state index contributed by atoms with van der Waals surface area (Å²) in [6.07, 6.45) is 1.78. The van der Waals surface area contributed by atoms with Crippen molar-refractivity contribution in [3.63, 3.8) is 0 Å². The highest BCUT2D eigenvalue weighted by Crippen LogP contribution is 2.26. The Kier molecular flexibility index (Phi) is 7.25. The normalized spacial score (nSPS) is 11.5. The van der Waals surface area contributed by atoms with Gasteiger partial charge in [0.15, 0.2) is 0 Å². The van der Waals surface area contributed by atoms with Gasteiger partial charge in [0.05, 0.1) is 15.5 Å². The van der Waals surface area contributed by atoms with Crippen LogP contribution in [0.1, 0.15) is 34.2 Å². The summed E-state index contributed by atoms with van der Waals surface area (Å²) >= 11 is 1.59. The lowest BCUT2D eigenvalue weighted by molar-refractivity contribution is -0.121. The molecule has 0 bridgehead atoms. The van der Waals surface area contributed by atoms with Gasteiger partial charge in [-0.05, 0) is 73.0 Å². The topological polar surface area (TPSA) is 88.2 Å². The molecule has 0 fully saturated rings. The van der Waals surface area contributed by atoms with E-state index in [9.17, 15) is 13.2 Å². The van der Waals surface area contributed by atoms with Crippen LogP contribution in [-0.2, 0) is 21.4 Å². The van der Waals surface area contributed by atoms with E-state index in [2.05, 4.69) is 15.0 Å². The molecule has 8 heteroatoms. The molecule has 6 nitrogen and oxygen atoms in total. The molecule has 164 valence electrons. The molecule has 0 saturated heterocycles. The monoisotopic (exact) mass is 457 g/mol. The predicted molar refractivity (Wildman–Crippen MR) is 125 cm³/mol. The minimum atomic E-state index is -3.70. The molecular weight excluding hydrogens is 430 g/mol. The lowest BCUT2D eigenvalue weighted by Gasteiger charge is -2.16. The van der Waals surface area contributed by atoms with Crippen LogP contribution in [0.4, 0.5) is 0 Å². The number of carbonyl (C=O) groups excluding carboxylic acids is 1. The van der Waals surface area contributed by atoms with E-state index in [0.717, 1.165) is 38.4 Å². The summed E-state index contributed by atoms with van der Waals surface area (Å²) in [5, 5.41) is 4.84. The minimum Gasteiger partial charge on any atom is -0.352 e. The molecular formula is C23H27N3O3S2. The summed E-state index contributed by atoms with van der Waals surface area (Å²) in [6.45, 7) is 7.78. The van der Waals surface area contributed by atoms with Gasteiger partial charge in [0.1, 0.15) is 0 Å². The van der Waals surface area contributed by atoms with E-state index < -0.39 is 10.0 Å². The molecule has 0 radical (unpaired) electrons. The zero-order valence-electron chi connectivity index (χ0n) is 18.2. The average Bonchev–Trinajstić information content (AvgIpc) is 3.25. The van der Waals surface area contributed by atoms with Gasteiger partial charge in [-0.2, -0.15) is 0 Å². The second-order valence-corrected chi connectivity index (χ2v) is 10.2. The fourth-order valence-corrected chi connectivity index (χ4v) is 5.85. The first-order chi connectivity index (χ1) is 14.7. The summed E-state index contributed by atoms with van der Waals surface area (Å²) in [5.74, 6) is -0.224. The first-order valence-electron chi connectivity index (χ1n) is 10.0. The van der Waals surface area contributed by atoms with Crippen molar-refractivity contribution in [2.75, 3.05) is 6.54 Å². The highest BCUT2D eigenvalue weighted by Gasteiger charge is 2.22. The van der Waals surface area contributed by atoms with Crippen molar-refractivity contribution in [2.45, 2.75) is 45.6 Å². The Hall–Kier alpha value is -2.55. The quantitative estimate of drug-likeness (QED) is 0.535. The molecule has 1 aromatic carbocycles. The second-order valence-electron chi connectivity index (χ2n) is 7.50. The number of carbonyl (C=O) groups is 1. The summed E-state index contributed by atoms with van der Waals surface area (Å²) in [5.41, 5.74) is 5.09. The van der Waals surface area contributed by atoms with Crippen molar-refractivity contribution in [3.8, 4) is 10.6 Å². The minimum absolute atomic E-state index is 0.0326. The number of thiophene rings is 1. The molecule has 2 aromatic heterocycles. The van der Waals surface area contributed by atoms with Crippen LogP contribution >= 0.6 is 11.3 Å². The maximum Gasteiger partial charge on any atom is 0.241 e. The van der Waals surface area contributed by atoms with Crippen LogP contribution in [0, 0.1) is 27.7 Å². The zero-order chi connectivity index (χ0) is 22.6. The number of aryl methyl sites for hydroxylation is 2. The predicted octanol–water partition coefficient (Wildman–Crippen LogP) is 4.03. The van der Waals surface area contributed by atoms with Gasteiger partial charge in [0, 0.05) is 25.7 Å². The van der Waals surface area contributed by atoms with Crippen molar-refractivity contribution in [3.05, 3.63) is 69.7 Å². The number of sulfonamides is 1. The van der Waals surface area contributed by atoms with Crippen molar-refractivity contribution in [1.82, 2.24) is 15.0 Å². The third kappa shape index (κ3) is 5.39. The van der Waals surface area contributed by atoms with Crippen molar-refractivity contribution in [2.24, 2.45) is 0 Å². The fourth-order valence-electron chi connectivity index (χ4n) is 3.45. The molecule has 1 amide bonds. The molecule has 0 aliphatic carbocycles. The fraction of sp³-hybridized carbons (Fsp3) is 0.304. The number of benzene rings is 1. The van der Waals surface area contributed by atoms with Crippen molar-refractivity contribution < 1.29 is 13.2 Å². The molecule has 3 rings (SSSR count). The van der Waals surface area contributed by atoms with Gasteiger partial charge in [0.25, 0.3) is 0 Å². The maximum absolute atomic E-state index is 12.9. The summed E-state index contributed by atoms with van der Waals surface area (Å²) in [6, 6.07) is 9.70. The summed E-state index contributed by atoms with van der Waals surface area (Å²) in [4.78, 5) is 18.1. The van der Waals surface area contributed by atoms with Crippen molar-refractivity contribution in [1.29, 1.82) is 0 Å². The number of hydrogen-bond donors (Lipinski definition) is 2. The molecule has 0 saturated carbocycles. The molecule has 0 aliphatic heterocycles. The lowest BCUT2D eigenvalue weighted by atomic mass is 10.0. The van der Waals surface area contributed by atoms with Crippen LogP contribution in [-0.4, -0.2) is 25.9 Å². The van der Waals surface area contributed by atoms with E-state index in [1.54, 1.807) is 17.5 Å². The number of hydrogen-bond acceptors (Lipinski definition) is 5. The van der Waals surface area contributed by atoms with Crippen LogP contribution in [0.3, 0.4) is 0 Å². The van der Waals surface area contributed by atoms with Gasteiger partial charge in [-0.3, -0.25) is 9.78 Å². The second kappa shape index (κ2) is 9.72. The number of nitrogens with zero attached hydrogens (tertiary/aromatic N) is 1. The van der Waals surface area contributed by atoms with Crippen LogP contribution in [0.2, 0.25) is 0 Å². The Bertz CT molecular complexity index is 1160. The average molecular weight is 458 g/mol. The van der Waals surface area contributed by atoms with Gasteiger partial charge >= 0.3 is 0 Å². The van der Waals surface area contributed by atoms with E-state index in [-0.39, 0.29) is 18.9 Å². The van der Waals surface area contributed by atoms with Gasteiger partial charge < -0.3 is 5.32 Å². The molecule has 0 atom stereocenters. The number of pyridine rings is 1. The largest absolute Gasteiger partial charge is 0.352 e. The number of aromatic nitrogens is 1. The highest BCUT2D eigenvalue weighted by molar-refractivity contribution is 7.89. The Morgan fingerprint density at radius 1 is 1.06 bits per heavy atom. The summed E-state index contributed by atoms with van der Waals surface area (Å²) in [7, 11) is -3.70. The number of nitrogens with one attached hydrogen (secondary N) is 2. The van der Waals surface area contributed by atoms with Crippen molar-refractivity contribution >= 4 is 27.3 Å². The van der Waals surface area contributed by atoms with Crippen LogP contribution in [0.15, 0.2) is 46.8 Å². The van der Waals surface area contributed by atoms with Gasteiger partial charge in [-0.1, -0.05) is 18.2 Å². The highest BCUT2D eigenvalue weighted by atomic mass is 32.2. The Labute approximate surface area is 187 Å². The maximum atomic E-state index is 12.9. The Morgan fingerprint density at radius 2 is 1.77 bits per heavy atom. The number of rotatable bonds is 8. The van der Waals surface area contributed by atoms with Gasteiger partial charge in [-0.15, -0.1) is 11.3 Å². The summed E-state index contributed by atoms with van der Waals surface area (Å²) < 4.78 is 28.3. The molecule has 31 heavy (non-hydrogen) atoms. The van der Waals surface area contributed by atoms with E-state index in [0.29, 0.717) is 11.4 Å². The number of amides is 1. The van der Waals surface area contributed by atoms with Crippen LogP contribution in [0.25, 0.3) is 10.6 Å². The molecule has 3 aromatic rings. The molecule has 0 aliphatic rings.